The van der Waals surface area contributed by atoms with Crippen molar-refractivity contribution in [2.45, 2.75) is 12.5 Å². The van der Waals surface area contributed by atoms with Crippen LogP contribution in [0.5, 0.6) is 0 Å². The number of nitrogens with zero attached hydrogens (tertiary/aromatic N) is 1. The summed E-state index contributed by atoms with van der Waals surface area (Å²) in [5.74, 6) is -0.578. The highest BCUT2D eigenvalue weighted by molar-refractivity contribution is 5.90. The number of hydrogen-bond acceptors (Lipinski definition) is 4. The van der Waals surface area contributed by atoms with Crippen LogP contribution in [0, 0.1) is 5.82 Å². The number of methoxy groups -OCH3 is 1. The molecule has 0 spiro atoms. The van der Waals surface area contributed by atoms with Crippen LogP contribution in [0.1, 0.15) is 6.42 Å². The predicted molar refractivity (Wildman–Crippen MR) is 75.0 cm³/mol. The van der Waals surface area contributed by atoms with E-state index in [1.165, 1.54) is 25.3 Å². The molecule has 0 aliphatic heterocycles. The molecule has 0 aliphatic rings. The van der Waals surface area contributed by atoms with E-state index in [1.54, 1.807) is 6.07 Å². The van der Waals surface area contributed by atoms with Gasteiger partial charge in [0.25, 0.3) is 0 Å². The van der Waals surface area contributed by atoms with Crippen LogP contribution in [-0.4, -0.2) is 55.9 Å². The average Bonchev–Trinajstić information content (AvgIpc) is 2.36. The smallest absolute Gasteiger partial charge is 0.225 e. The zero-order valence-corrected chi connectivity index (χ0v) is 11.8. The molecular formula is C14H21FN2O3. The monoisotopic (exact) mass is 284 g/mol. The zero-order chi connectivity index (χ0) is 15.0. The van der Waals surface area contributed by atoms with Crippen LogP contribution in [0.4, 0.5) is 10.1 Å². The summed E-state index contributed by atoms with van der Waals surface area (Å²) in [5.41, 5.74) is 0.442. The van der Waals surface area contributed by atoms with Crippen LogP contribution < -0.4 is 5.32 Å². The normalized spacial score (nSPS) is 12.4. The average molecular weight is 284 g/mol. The summed E-state index contributed by atoms with van der Waals surface area (Å²) >= 11 is 0. The van der Waals surface area contributed by atoms with E-state index < -0.39 is 6.10 Å². The van der Waals surface area contributed by atoms with Crippen LogP contribution in [0.15, 0.2) is 24.3 Å². The van der Waals surface area contributed by atoms with Crippen molar-refractivity contribution in [2.75, 3.05) is 39.2 Å². The number of likely N-dealkylation sites (N-methyl/N-ethyl adjacent to an activating group) is 1. The van der Waals surface area contributed by atoms with Crippen molar-refractivity contribution in [3.8, 4) is 0 Å². The SMILES string of the molecule is COCC(O)CN(C)CCC(=O)Nc1cccc(F)c1. The molecule has 5 nitrogen and oxygen atoms in total. The summed E-state index contributed by atoms with van der Waals surface area (Å²) in [4.78, 5) is 13.5. The molecule has 0 bridgehead atoms. The second-order valence-electron chi connectivity index (χ2n) is 4.68. The van der Waals surface area contributed by atoms with E-state index >= 15 is 0 Å². The highest BCUT2D eigenvalue weighted by Gasteiger charge is 2.10. The summed E-state index contributed by atoms with van der Waals surface area (Å²) < 4.78 is 17.8. The number of carbonyl (C=O) groups excluding carboxylic acids is 1. The molecule has 0 heterocycles. The van der Waals surface area contributed by atoms with Crippen molar-refractivity contribution in [3.63, 3.8) is 0 Å². The number of benzene rings is 1. The second kappa shape index (κ2) is 8.63. The maximum Gasteiger partial charge on any atom is 0.225 e. The quantitative estimate of drug-likeness (QED) is 0.750. The minimum absolute atomic E-state index is 0.191. The van der Waals surface area contributed by atoms with Crippen LogP contribution >= 0.6 is 0 Å². The lowest BCUT2D eigenvalue weighted by Crippen LogP contribution is -2.33. The molecule has 0 fully saturated rings. The molecule has 2 N–H and O–H groups in total. The van der Waals surface area contributed by atoms with Gasteiger partial charge in [-0.3, -0.25) is 4.79 Å². The summed E-state index contributed by atoms with van der Waals surface area (Å²) in [7, 11) is 3.34. The fourth-order valence-electron chi connectivity index (χ4n) is 1.78. The molecule has 0 saturated carbocycles. The molecule has 1 amide bonds. The lowest BCUT2D eigenvalue weighted by Gasteiger charge is -2.19. The van der Waals surface area contributed by atoms with Crippen molar-refractivity contribution >= 4 is 11.6 Å². The third-order valence-electron chi connectivity index (χ3n) is 2.71. The molecule has 112 valence electrons. The van der Waals surface area contributed by atoms with Gasteiger partial charge in [0.2, 0.25) is 5.91 Å². The summed E-state index contributed by atoms with van der Waals surface area (Å²) in [5, 5.41) is 12.2. The first-order chi connectivity index (χ1) is 9.51. The van der Waals surface area contributed by atoms with E-state index in [0.717, 1.165) is 0 Å². The van der Waals surface area contributed by atoms with Gasteiger partial charge in [-0.05, 0) is 25.2 Å². The predicted octanol–water partition coefficient (Wildman–Crippen LogP) is 1.09. The highest BCUT2D eigenvalue weighted by Crippen LogP contribution is 2.09. The van der Waals surface area contributed by atoms with Gasteiger partial charge in [-0.15, -0.1) is 0 Å². The Kier molecular flexibility index (Phi) is 7.14. The number of halogens is 1. The standard InChI is InChI=1S/C14H21FN2O3/c1-17(9-13(18)10-20-2)7-6-14(19)16-12-5-3-4-11(15)8-12/h3-5,8,13,18H,6-7,9-10H2,1-2H3,(H,16,19). The molecule has 0 aliphatic carbocycles. The molecule has 1 unspecified atom stereocenters. The number of nitrogens with one attached hydrogen (secondary N) is 1. The Morgan fingerprint density at radius 2 is 2.30 bits per heavy atom. The number of ether oxygens (including phenoxy) is 1. The number of anilines is 1. The minimum Gasteiger partial charge on any atom is -0.389 e. The minimum atomic E-state index is -0.573. The summed E-state index contributed by atoms with van der Waals surface area (Å²) in [6.45, 7) is 1.20. The first-order valence-corrected chi connectivity index (χ1v) is 6.42. The van der Waals surface area contributed by atoms with Gasteiger partial charge < -0.3 is 20.1 Å². The van der Waals surface area contributed by atoms with Gasteiger partial charge in [-0.25, -0.2) is 4.39 Å². The molecule has 1 aromatic carbocycles. The lowest BCUT2D eigenvalue weighted by atomic mass is 10.3. The van der Waals surface area contributed by atoms with Crippen molar-refractivity contribution in [3.05, 3.63) is 30.1 Å². The fraction of sp³-hybridized carbons (Fsp3) is 0.500. The van der Waals surface area contributed by atoms with Crippen LogP contribution in [0.2, 0.25) is 0 Å². The molecule has 20 heavy (non-hydrogen) atoms. The number of aliphatic hydroxyl groups excluding tert-OH is 1. The number of aliphatic hydroxyl groups is 1. The summed E-state index contributed by atoms with van der Waals surface area (Å²) in [6.07, 6.45) is -0.302. The van der Waals surface area contributed by atoms with E-state index in [-0.39, 0.29) is 24.8 Å². The number of carbonyl (C=O) groups is 1. The third-order valence-corrected chi connectivity index (χ3v) is 2.71. The number of hydrogen-bond donors (Lipinski definition) is 2. The molecular weight excluding hydrogens is 263 g/mol. The van der Waals surface area contributed by atoms with E-state index in [9.17, 15) is 14.3 Å². The maximum atomic E-state index is 12.9. The van der Waals surface area contributed by atoms with E-state index in [0.29, 0.717) is 18.8 Å². The summed E-state index contributed by atoms with van der Waals surface area (Å²) in [6, 6.07) is 5.76. The molecule has 1 rings (SSSR count). The maximum absolute atomic E-state index is 12.9. The van der Waals surface area contributed by atoms with Crippen molar-refractivity contribution in [1.82, 2.24) is 4.90 Å². The largest absolute Gasteiger partial charge is 0.389 e. The molecule has 0 aromatic heterocycles. The van der Waals surface area contributed by atoms with Crippen molar-refractivity contribution in [2.24, 2.45) is 0 Å². The Morgan fingerprint density at radius 3 is 2.95 bits per heavy atom. The van der Waals surface area contributed by atoms with Gasteiger partial charge in [-0.2, -0.15) is 0 Å². The van der Waals surface area contributed by atoms with E-state index in [4.69, 9.17) is 4.74 Å². The number of rotatable bonds is 8. The lowest BCUT2D eigenvalue weighted by molar-refractivity contribution is -0.116. The Balaban J connectivity index is 2.29. The van der Waals surface area contributed by atoms with Crippen LogP contribution in [-0.2, 0) is 9.53 Å². The van der Waals surface area contributed by atoms with E-state index in [1.807, 2.05) is 11.9 Å². The molecule has 1 atom stereocenters. The zero-order valence-electron chi connectivity index (χ0n) is 11.8. The second-order valence-corrected chi connectivity index (χ2v) is 4.68. The van der Waals surface area contributed by atoms with Gasteiger partial charge in [-0.1, -0.05) is 6.07 Å². The first-order valence-electron chi connectivity index (χ1n) is 6.42. The van der Waals surface area contributed by atoms with Gasteiger partial charge >= 0.3 is 0 Å². The highest BCUT2D eigenvalue weighted by atomic mass is 19.1. The topological polar surface area (TPSA) is 61.8 Å². The van der Waals surface area contributed by atoms with Crippen molar-refractivity contribution < 1.29 is 19.0 Å². The van der Waals surface area contributed by atoms with Crippen LogP contribution in [0.25, 0.3) is 0 Å². The van der Waals surface area contributed by atoms with Crippen molar-refractivity contribution in [1.29, 1.82) is 0 Å². The Labute approximate surface area is 118 Å². The van der Waals surface area contributed by atoms with Gasteiger partial charge in [0.15, 0.2) is 0 Å². The van der Waals surface area contributed by atoms with Gasteiger partial charge in [0.05, 0.1) is 12.7 Å². The van der Waals surface area contributed by atoms with Crippen LogP contribution in [0.3, 0.4) is 0 Å². The molecule has 6 heteroatoms. The Morgan fingerprint density at radius 1 is 1.55 bits per heavy atom. The fourth-order valence-corrected chi connectivity index (χ4v) is 1.78. The van der Waals surface area contributed by atoms with E-state index in [2.05, 4.69) is 5.32 Å². The Hall–Kier alpha value is -1.50. The van der Waals surface area contributed by atoms with Gasteiger partial charge in [0.1, 0.15) is 5.82 Å². The Bertz CT molecular complexity index is 429. The molecule has 0 saturated heterocycles. The van der Waals surface area contributed by atoms with Gasteiger partial charge in [0, 0.05) is 32.3 Å². The molecule has 0 radical (unpaired) electrons. The number of amides is 1. The first kappa shape index (κ1) is 16.6. The molecule has 1 aromatic rings. The third kappa shape index (κ3) is 6.60.